The van der Waals surface area contributed by atoms with Gasteiger partial charge in [-0.05, 0) is 24.6 Å². The fraction of sp³-hybridized carbons (Fsp3) is 0.562. The lowest BCUT2D eigenvalue weighted by Crippen LogP contribution is -2.38. The van der Waals surface area contributed by atoms with E-state index in [9.17, 15) is 4.79 Å². The van der Waals surface area contributed by atoms with Gasteiger partial charge < -0.3 is 9.84 Å². The number of methoxy groups -OCH3 is 1. The van der Waals surface area contributed by atoms with Crippen LogP contribution in [-0.2, 0) is 4.79 Å². The van der Waals surface area contributed by atoms with Crippen LogP contribution in [0.3, 0.4) is 0 Å². The largest absolute Gasteiger partial charge is 0.497 e. The second kappa shape index (κ2) is 7.71. The highest BCUT2D eigenvalue weighted by Crippen LogP contribution is 2.29. The Balaban J connectivity index is 2.85. The molecule has 2 atom stereocenters. The molecule has 118 valence electrons. The molecule has 2 N–H and O–H groups in total. The average molecular weight is 311 g/mol. The maximum atomic E-state index is 11.1. The number of thioether (sulfide) groups is 1. The lowest BCUT2D eigenvalue weighted by atomic mass is 10.1. The van der Waals surface area contributed by atoms with Gasteiger partial charge in [0, 0.05) is 16.5 Å². The molecule has 0 spiro atoms. The molecule has 0 aromatic heterocycles. The van der Waals surface area contributed by atoms with E-state index in [1.54, 1.807) is 14.0 Å². The van der Waals surface area contributed by atoms with Crippen LogP contribution < -0.4 is 10.1 Å². The van der Waals surface area contributed by atoms with E-state index >= 15 is 0 Å². The highest BCUT2D eigenvalue weighted by Gasteiger charge is 2.21. The van der Waals surface area contributed by atoms with E-state index in [0.29, 0.717) is 0 Å². The molecule has 4 nitrogen and oxygen atoms in total. The summed E-state index contributed by atoms with van der Waals surface area (Å²) in [5.41, 5.74) is 1.07. The Bertz CT molecular complexity index is 454. The first-order valence-electron chi connectivity index (χ1n) is 6.99. The minimum absolute atomic E-state index is 0.00812. The number of ether oxygens (including phenoxy) is 1. The number of carboxylic acids is 1. The molecule has 0 bridgehead atoms. The standard InChI is InChI=1S/C16H25NO3S/c1-11(15(18)19)17-14(10-21-16(2,3)4)12-6-8-13(20-5)9-7-12/h6-9,11,14,17H,10H2,1-5H3,(H,18,19)/t11-,14-/m0/s1. The third-order valence-corrected chi connectivity index (χ3v) is 4.39. The summed E-state index contributed by atoms with van der Waals surface area (Å²) in [4.78, 5) is 11.1. The molecule has 0 heterocycles. The molecule has 5 heteroatoms. The molecule has 0 aliphatic rings. The van der Waals surface area contributed by atoms with E-state index in [0.717, 1.165) is 17.1 Å². The maximum absolute atomic E-state index is 11.1. The van der Waals surface area contributed by atoms with Crippen molar-refractivity contribution in [3.05, 3.63) is 29.8 Å². The second-order valence-corrected chi connectivity index (χ2v) is 7.82. The van der Waals surface area contributed by atoms with E-state index in [2.05, 4.69) is 26.1 Å². The lowest BCUT2D eigenvalue weighted by Gasteiger charge is -2.26. The van der Waals surface area contributed by atoms with Crippen molar-refractivity contribution in [2.75, 3.05) is 12.9 Å². The number of nitrogens with one attached hydrogen (secondary N) is 1. The van der Waals surface area contributed by atoms with Crippen LogP contribution in [0.25, 0.3) is 0 Å². The molecular weight excluding hydrogens is 286 g/mol. The number of carbonyl (C=O) groups is 1. The number of benzene rings is 1. The van der Waals surface area contributed by atoms with Gasteiger partial charge in [0.15, 0.2) is 0 Å². The third-order valence-electron chi connectivity index (χ3n) is 3.02. The van der Waals surface area contributed by atoms with E-state index in [4.69, 9.17) is 9.84 Å². The second-order valence-electron chi connectivity index (χ2n) is 5.98. The van der Waals surface area contributed by atoms with Gasteiger partial charge in [0.1, 0.15) is 11.8 Å². The smallest absolute Gasteiger partial charge is 0.320 e. The van der Waals surface area contributed by atoms with Gasteiger partial charge in [0.05, 0.1) is 7.11 Å². The van der Waals surface area contributed by atoms with Crippen molar-refractivity contribution >= 4 is 17.7 Å². The monoisotopic (exact) mass is 311 g/mol. The Hall–Kier alpha value is -1.20. The molecule has 0 saturated heterocycles. The van der Waals surface area contributed by atoms with Crippen molar-refractivity contribution in [3.63, 3.8) is 0 Å². The molecule has 0 aliphatic heterocycles. The first-order chi connectivity index (χ1) is 9.73. The number of rotatable bonds is 7. The van der Waals surface area contributed by atoms with Crippen molar-refractivity contribution in [2.45, 2.75) is 44.5 Å². The molecule has 0 aliphatic carbocycles. The van der Waals surface area contributed by atoms with Gasteiger partial charge in [-0.2, -0.15) is 11.8 Å². The number of hydrogen-bond donors (Lipinski definition) is 2. The highest BCUT2D eigenvalue weighted by atomic mass is 32.2. The van der Waals surface area contributed by atoms with Crippen LogP contribution in [0.5, 0.6) is 5.75 Å². The number of hydrogen-bond acceptors (Lipinski definition) is 4. The SMILES string of the molecule is COc1ccc([C@H](CSC(C)(C)C)N[C@@H](C)C(=O)O)cc1. The topological polar surface area (TPSA) is 58.6 Å². The zero-order valence-electron chi connectivity index (χ0n) is 13.3. The predicted molar refractivity (Wildman–Crippen MR) is 88.2 cm³/mol. The Morgan fingerprint density at radius 3 is 2.33 bits per heavy atom. The Morgan fingerprint density at radius 1 is 1.33 bits per heavy atom. The first kappa shape index (κ1) is 17.9. The molecule has 0 radical (unpaired) electrons. The summed E-state index contributed by atoms with van der Waals surface area (Å²) in [5, 5.41) is 12.3. The molecule has 1 rings (SSSR count). The summed E-state index contributed by atoms with van der Waals surface area (Å²) in [6, 6.07) is 7.17. The first-order valence-corrected chi connectivity index (χ1v) is 7.98. The van der Waals surface area contributed by atoms with Crippen molar-refractivity contribution in [3.8, 4) is 5.75 Å². The summed E-state index contributed by atoms with van der Waals surface area (Å²) < 4.78 is 5.30. The molecule has 0 amide bonds. The molecule has 1 aromatic carbocycles. The van der Waals surface area contributed by atoms with Gasteiger partial charge in [-0.15, -0.1) is 0 Å². The lowest BCUT2D eigenvalue weighted by molar-refractivity contribution is -0.139. The average Bonchev–Trinajstić information content (AvgIpc) is 2.42. The zero-order valence-corrected chi connectivity index (χ0v) is 14.2. The summed E-state index contributed by atoms with van der Waals surface area (Å²) in [6.45, 7) is 8.14. The Morgan fingerprint density at radius 2 is 1.90 bits per heavy atom. The van der Waals surface area contributed by atoms with E-state index in [1.165, 1.54) is 0 Å². The maximum Gasteiger partial charge on any atom is 0.320 e. The summed E-state index contributed by atoms with van der Waals surface area (Å²) >= 11 is 1.81. The van der Waals surface area contributed by atoms with E-state index in [-0.39, 0.29) is 10.8 Å². The predicted octanol–water partition coefficient (Wildman–Crippen LogP) is 3.33. The molecule has 21 heavy (non-hydrogen) atoms. The normalized spacial score (nSPS) is 14.5. The highest BCUT2D eigenvalue weighted by molar-refractivity contribution is 8.00. The van der Waals surface area contributed by atoms with Crippen LogP contribution in [-0.4, -0.2) is 34.7 Å². The fourth-order valence-corrected chi connectivity index (χ4v) is 2.74. The van der Waals surface area contributed by atoms with Gasteiger partial charge in [-0.25, -0.2) is 0 Å². The number of carboxylic acid groups (broad SMARTS) is 1. The van der Waals surface area contributed by atoms with Gasteiger partial charge >= 0.3 is 5.97 Å². The molecule has 0 unspecified atom stereocenters. The van der Waals surface area contributed by atoms with Crippen LogP contribution in [0, 0.1) is 0 Å². The van der Waals surface area contributed by atoms with Crippen LogP contribution in [0.2, 0.25) is 0 Å². The van der Waals surface area contributed by atoms with Crippen molar-refractivity contribution in [1.82, 2.24) is 5.32 Å². The number of aliphatic carboxylic acids is 1. The summed E-state index contributed by atoms with van der Waals surface area (Å²) in [6.07, 6.45) is 0. The fourth-order valence-electron chi connectivity index (χ4n) is 1.78. The molecule has 1 aromatic rings. The molecule has 0 saturated carbocycles. The quantitative estimate of drug-likeness (QED) is 0.809. The summed E-state index contributed by atoms with van der Waals surface area (Å²) in [7, 11) is 1.63. The Kier molecular flexibility index (Phi) is 6.55. The molecule has 0 fully saturated rings. The zero-order chi connectivity index (χ0) is 16.0. The van der Waals surface area contributed by atoms with Gasteiger partial charge in [0.2, 0.25) is 0 Å². The van der Waals surface area contributed by atoms with E-state index < -0.39 is 12.0 Å². The van der Waals surface area contributed by atoms with Gasteiger partial charge in [-0.3, -0.25) is 10.1 Å². The summed E-state index contributed by atoms with van der Waals surface area (Å²) in [5.74, 6) is 0.773. The van der Waals surface area contributed by atoms with E-state index in [1.807, 2.05) is 36.0 Å². The Labute approximate surface area is 131 Å². The van der Waals surface area contributed by atoms with Crippen molar-refractivity contribution < 1.29 is 14.6 Å². The third kappa shape index (κ3) is 6.40. The van der Waals surface area contributed by atoms with Gasteiger partial charge in [-0.1, -0.05) is 32.9 Å². The van der Waals surface area contributed by atoms with Crippen molar-refractivity contribution in [1.29, 1.82) is 0 Å². The minimum Gasteiger partial charge on any atom is -0.497 e. The minimum atomic E-state index is -0.839. The van der Waals surface area contributed by atoms with Crippen LogP contribution >= 0.6 is 11.8 Å². The van der Waals surface area contributed by atoms with Gasteiger partial charge in [0.25, 0.3) is 0 Å². The van der Waals surface area contributed by atoms with Crippen LogP contribution in [0.15, 0.2) is 24.3 Å². The van der Waals surface area contributed by atoms with Crippen LogP contribution in [0.1, 0.15) is 39.3 Å². The van der Waals surface area contributed by atoms with Crippen LogP contribution in [0.4, 0.5) is 0 Å². The van der Waals surface area contributed by atoms with Crippen molar-refractivity contribution in [2.24, 2.45) is 0 Å². The molecular formula is C16H25NO3S.